The van der Waals surface area contributed by atoms with Crippen LogP contribution in [0.25, 0.3) is 0 Å². The van der Waals surface area contributed by atoms with E-state index < -0.39 is 7.37 Å². The molecule has 0 aliphatic rings. The quantitative estimate of drug-likeness (QED) is 0.165. The van der Waals surface area contributed by atoms with E-state index in [1.165, 1.54) is 96.3 Å². The Morgan fingerprint density at radius 2 is 1.00 bits per heavy atom. The summed E-state index contributed by atoms with van der Waals surface area (Å²) >= 11 is 0. The van der Waals surface area contributed by atoms with E-state index in [0.29, 0.717) is 10.6 Å². The van der Waals surface area contributed by atoms with Crippen LogP contribution in [0.2, 0.25) is 0 Å². The van der Waals surface area contributed by atoms with E-state index in [9.17, 15) is 9.46 Å². The molecule has 0 amide bonds. The zero-order chi connectivity index (χ0) is 23.6. The zero-order valence-corrected chi connectivity index (χ0v) is 21.9. The first kappa shape index (κ1) is 27.9. The van der Waals surface area contributed by atoms with Crippen LogP contribution in [0.5, 0.6) is 0 Å². The molecule has 1 unspecified atom stereocenters. The first-order valence-corrected chi connectivity index (χ1v) is 15.3. The van der Waals surface area contributed by atoms with Gasteiger partial charge in [-0.25, -0.2) is 0 Å². The molecule has 2 nitrogen and oxygen atoms in total. The molecule has 0 bridgehead atoms. The Labute approximate surface area is 203 Å². The molecule has 0 fully saturated rings. The molecule has 1 N–H and O–H groups in total. The number of unbranched alkanes of at least 4 members (excludes halogenated alkanes) is 15. The molecular weight excluding hydrogens is 423 g/mol. The molecule has 3 heteroatoms. The predicted octanol–water partition coefficient (Wildman–Crippen LogP) is 8.71. The van der Waals surface area contributed by atoms with E-state index in [4.69, 9.17) is 0 Å². The molecule has 184 valence electrons. The SMILES string of the molecule is CCCCCCCCCCCCCCCCCCc1ccccc1P(=O)(O)c1ccccc1. The number of hydrogen-bond acceptors (Lipinski definition) is 1. The average Bonchev–Trinajstić information content (AvgIpc) is 2.84. The molecule has 0 heterocycles. The Bertz CT molecular complexity index is 787. The van der Waals surface area contributed by atoms with Crippen molar-refractivity contribution in [2.75, 3.05) is 0 Å². The molecule has 0 aliphatic heterocycles. The van der Waals surface area contributed by atoms with E-state index in [1.54, 1.807) is 12.1 Å². The van der Waals surface area contributed by atoms with Gasteiger partial charge in [-0.15, -0.1) is 0 Å². The van der Waals surface area contributed by atoms with Gasteiger partial charge in [-0.3, -0.25) is 4.57 Å². The maximum Gasteiger partial charge on any atom is 0.259 e. The van der Waals surface area contributed by atoms with E-state index >= 15 is 0 Å². The smallest absolute Gasteiger partial charge is 0.259 e. The van der Waals surface area contributed by atoms with Gasteiger partial charge in [0.1, 0.15) is 0 Å². The van der Waals surface area contributed by atoms with Gasteiger partial charge >= 0.3 is 0 Å². The number of aryl methyl sites for hydroxylation is 1. The first-order chi connectivity index (χ1) is 16.2. The Morgan fingerprint density at radius 3 is 1.52 bits per heavy atom. The Morgan fingerprint density at radius 1 is 0.576 bits per heavy atom. The third-order valence-electron chi connectivity index (χ3n) is 6.72. The van der Waals surface area contributed by atoms with Crippen LogP contribution in [-0.2, 0) is 11.0 Å². The lowest BCUT2D eigenvalue weighted by atomic mass is 10.0. The molecule has 0 aromatic heterocycles. The minimum absolute atomic E-state index is 0.518. The van der Waals surface area contributed by atoms with Gasteiger partial charge in [0, 0.05) is 10.6 Å². The highest BCUT2D eigenvalue weighted by atomic mass is 31.2. The van der Waals surface area contributed by atoms with Gasteiger partial charge in [-0.2, -0.15) is 0 Å². The van der Waals surface area contributed by atoms with Gasteiger partial charge < -0.3 is 4.89 Å². The van der Waals surface area contributed by atoms with Gasteiger partial charge in [0.25, 0.3) is 7.37 Å². The largest absolute Gasteiger partial charge is 0.338 e. The Kier molecular flexibility index (Phi) is 14.5. The van der Waals surface area contributed by atoms with Gasteiger partial charge in [0.15, 0.2) is 0 Å². The van der Waals surface area contributed by atoms with Gasteiger partial charge in [0.2, 0.25) is 0 Å². The minimum Gasteiger partial charge on any atom is -0.338 e. The fraction of sp³-hybridized carbons (Fsp3) is 0.600. The second kappa shape index (κ2) is 17.1. The van der Waals surface area contributed by atoms with Crippen LogP contribution in [-0.4, -0.2) is 4.89 Å². The summed E-state index contributed by atoms with van der Waals surface area (Å²) in [6.45, 7) is 2.28. The summed E-state index contributed by atoms with van der Waals surface area (Å²) < 4.78 is 13.2. The topological polar surface area (TPSA) is 37.3 Å². The van der Waals surface area contributed by atoms with E-state index in [2.05, 4.69) is 6.92 Å². The van der Waals surface area contributed by atoms with Gasteiger partial charge in [-0.1, -0.05) is 140 Å². The van der Waals surface area contributed by atoms with E-state index in [-0.39, 0.29) is 0 Å². The molecule has 0 spiro atoms. The van der Waals surface area contributed by atoms with Crippen molar-refractivity contribution in [2.24, 2.45) is 0 Å². The molecule has 0 radical (unpaired) electrons. The summed E-state index contributed by atoms with van der Waals surface area (Å²) in [5, 5.41) is 1.13. The summed E-state index contributed by atoms with van der Waals surface area (Å²) in [4.78, 5) is 10.8. The van der Waals surface area contributed by atoms with Crippen LogP contribution < -0.4 is 10.6 Å². The lowest BCUT2D eigenvalue weighted by molar-refractivity contribution is 0.500. The van der Waals surface area contributed by atoms with Crippen molar-refractivity contribution in [3.05, 3.63) is 60.2 Å². The average molecular weight is 471 g/mol. The van der Waals surface area contributed by atoms with E-state index in [1.807, 2.05) is 42.5 Å². The standard InChI is InChI=1S/C30H47O2P/c1-2-3-4-5-6-7-8-9-10-11-12-13-14-15-16-18-23-28-24-21-22-27-30(28)33(31,32)29-25-19-17-20-26-29/h17,19-22,24-27H,2-16,18,23H2,1H3,(H,31,32). The molecule has 2 rings (SSSR count). The second-order valence-corrected chi connectivity index (χ2v) is 11.7. The fourth-order valence-corrected chi connectivity index (χ4v) is 6.37. The van der Waals surface area contributed by atoms with Crippen LogP contribution in [0.1, 0.15) is 115 Å². The molecule has 33 heavy (non-hydrogen) atoms. The lowest BCUT2D eigenvalue weighted by Crippen LogP contribution is -2.19. The maximum absolute atomic E-state index is 13.2. The molecule has 0 aliphatic carbocycles. The predicted molar refractivity (Wildman–Crippen MR) is 145 cm³/mol. The van der Waals surface area contributed by atoms with E-state index in [0.717, 1.165) is 18.4 Å². The summed E-state index contributed by atoms with van der Waals surface area (Å²) in [6.07, 6.45) is 22.6. The highest BCUT2D eigenvalue weighted by Gasteiger charge is 2.26. The Hall–Kier alpha value is -1.37. The van der Waals surface area contributed by atoms with Crippen molar-refractivity contribution >= 4 is 18.0 Å². The molecule has 2 aromatic carbocycles. The minimum atomic E-state index is -3.53. The highest BCUT2D eigenvalue weighted by molar-refractivity contribution is 7.73. The molecule has 2 aromatic rings. The summed E-state index contributed by atoms with van der Waals surface area (Å²) in [7, 11) is -3.53. The third kappa shape index (κ3) is 11.1. The van der Waals surface area contributed by atoms with Crippen LogP contribution in [0, 0.1) is 0 Å². The van der Waals surface area contributed by atoms with Crippen molar-refractivity contribution in [1.29, 1.82) is 0 Å². The van der Waals surface area contributed by atoms with Gasteiger partial charge in [-0.05, 0) is 36.6 Å². The third-order valence-corrected chi connectivity index (χ3v) is 8.81. The van der Waals surface area contributed by atoms with Crippen LogP contribution in [0.3, 0.4) is 0 Å². The van der Waals surface area contributed by atoms with Crippen molar-refractivity contribution in [3.63, 3.8) is 0 Å². The summed E-state index contributed by atoms with van der Waals surface area (Å²) in [5.74, 6) is 0. The number of rotatable bonds is 19. The fourth-order valence-electron chi connectivity index (χ4n) is 4.65. The lowest BCUT2D eigenvalue weighted by Gasteiger charge is -2.16. The van der Waals surface area contributed by atoms with Crippen LogP contribution in [0.4, 0.5) is 0 Å². The van der Waals surface area contributed by atoms with Crippen LogP contribution >= 0.6 is 7.37 Å². The number of hydrogen-bond donors (Lipinski definition) is 1. The van der Waals surface area contributed by atoms with Crippen molar-refractivity contribution < 1.29 is 9.46 Å². The second-order valence-electron chi connectivity index (χ2n) is 9.59. The Balaban J connectivity index is 1.53. The molecular formula is C30H47O2P. The monoisotopic (exact) mass is 470 g/mol. The summed E-state index contributed by atoms with van der Waals surface area (Å²) in [5.41, 5.74) is 1.03. The first-order valence-electron chi connectivity index (χ1n) is 13.6. The molecule has 0 saturated carbocycles. The van der Waals surface area contributed by atoms with Crippen LogP contribution in [0.15, 0.2) is 54.6 Å². The maximum atomic E-state index is 13.2. The zero-order valence-electron chi connectivity index (χ0n) is 21.0. The number of benzene rings is 2. The normalized spacial score (nSPS) is 13.2. The molecule has 0 saturated heterocycles. The van der Waals surface area contributed by atoms with Crippen molar-refractivity contribution in [3.8, 4) is 0 Å². The van der Waals surface area contributed by atoms with Crippen molar-refractivity contribution in [2.45, 2.75) is 116 Å². The van der Waals surface area contributed by atoms with Crippen molar-refractivity contribution in [1.82, 2.24) is 0 Å². The van der Waals surface area contributed by atoms with Gasteiger partial charge in [0.05, 0.1) is 0 Å². The summed E-state index contributed by atoms with van der Waals surface area (Å²) in [6, 6.07) is 16.8. The molecule has 1 atom stereocenters. The highest BCUT2D eigenvalue weighted by Crippen LogP contribution is 2.39.